The van der Waals surface area contributed by atoms with Crippen molar-refractivity contribution in [2.24, 2.45) is 4.99 Å². The Morgan fingerprint density at radius 2 is 1.89 bits per heavy atom. The van der Waals surface area contributed by atoms with E-state index < -0.39 is 17.9 Å². The first-order chi connectivity index (χ1) is 18.5. The molecule has 0 radical (unpaired) electrons. The van der Waals surface area contributed by atoms with Gasteiger partial charge in [0.1, 0.15) is 11.7 Å². The van der Waals surface area contributed by atoms with E-state index >= 15 is 0 Å². The van der Waals surface area contributed by atoms with Crippen molar-refractivity contribution in [2.45, 2.75) is 19.4 Å². The number of imidazole rings is 1. The molecule has 1 aromatic carbocycles. The first-order valence-corrected chi connectivity index (χ1v) is 12.6. The maximum absolute atomic E-state index is 13.5. The molecule has 1 saturated heterocycles. The third kappa shape index (κ3) is 3.33. The number of carbonyl (C=O) groups excluding carboxylic acids is 3. The summed E-state index contributed by atoms with van der Waals surface area (Å²) in [5.41, 5.74) is 5.52. The summed E-state index contributed by atoms with van der Waals surface area (Å²) in [6.45, 7) is 4.14. The molecule has 3 amide bonds. The Kier molecular flexibility index (Phi) is 5.05. The summed E-state index contributed by atoms with van der Waals surface area (Å²) in [7, 11) is 0. The first kappa shape index (κ1) is 22.6. The lowest BCUT2D eigenvalue weighted by Gasteiger charge is -2.32. The molecule has 0 bridgehead atoms. The van der Waals surface area contributed by atoms with Crippen LogP contribution >= 0.6 is 0 Å². The van der Waals surface area contributed by atoms with Gasteiger partial charge in [0.2, 0.25) is 5.91 Å². The topological polar surface area (TPSA) is 109 Å². The Morgan fingerprint density at radius 3 is 2.74 bits per heavy atom. The lowest BCUT2D eigenvalue weighted by atomic mass is 9.94. The van der Waals surface area contributed by atoms with Crippen LogP contribution < -0.4 is 10.2 Å². The van der Waals surface area contributed by atoms with Crippen molar-refractivity contribution in [3.63, 3.8) is 0 Å². The van der Waals surface area contributed by atoms with E-state index in [2.05, 4.69) is 15.3 Å². The molecule has 3 aromatic rings. The number of pyridine rings is 1. The van der Waals surface area contributed by atoms with Crippen molar-refractivity contribution in [2.75, 3.05) is 31.2 Å². The van der Waals surface area contributed by atoms with Crippen LogP contribution in [0.15, 0.2) is 65.7 Å². The van der Waals surface area contributed by atoms with Gasteiger partial charge in [-0.25, -0.2) is 4.98 Å². The second-order valence-electron chi connectivity index (χ2n) is 9.77. The predicted molar refractivity (Wildman–Crippen MR) is 139 cm³/mol. The number of anilines is 1. The molecule has 38 heavy (non-hydrogen) atoms. The highest BCUT2D eigenvalue weighted by Crippen LogP contribution is 2.40. The van der Waals surface area contributed by atoms with Gasteiger partial charge >= 0.3 is 0 Å². The number of hydrogen-bond donors (Lipinski definition) is 1. The number of nitrogens with one attached hydrogen (secondary N) is 1. The zero-order chi connectivity index (χ0) is 26.0. The van der Waals surface area contributed by atoms with E-state index in [4.69, 9.17) is 4.74 Å². The summed E-state index contributed by atoms with van der Waals surface area (Å²) < 4.78 is 7.24. The molecule has 1 unspecified atom stereocenters. The van der Waals surface area contributed by atoms with Gasteiger partial charge in [0.15, 0.2) is 0 Å². The van der Waals surface area contributed by atoms with E-state index in [1.165, 1.54) is 0 Å². The minimum absolute atomic E-state index is 0.0401. The molecule has 1 N–H and O–H groups in total. The number of benzene rings is 1. The van der Waals surface area contributed by atoms with Gasteiger partial charge in [-0.1, -0.05) is 24.3 Å². The molecule has 10 nitrogen and oxygen atoms in total. The maximum atomic E-state index is 13.5. The van der Waals surface area contributed by atoms with Gasteiger partial charge < -0.3 is 14.5 Å². The van der Waals surface area contributed by atoms with Crippen LogP contribution in [0.25, 0.3) is 11.2 Å². The lowest BCUT2D eigenvalue weighted by molar-refractivity contribution is -0.136. The number of fused-ring (bicyclic) bond motifs is 1. The van der Waals surface area contributed by atoms with E-state index in [0.717, 1.165) is 16.8 Å². The number of ether oxygens (including phenoxy) is 1. The Morgan fingerprint density at radius 1 is 1.08 bits per heavy atom. The normalized spacial score (nSPS) is 20.7. The van der Waals surface area contributed by atoms with Crippen LogP contribution in [0.1, 0.15) is 22.4 Å². The summed E-state index contributed by atoms with van der Waals surface area (Å²) in [5.74, 6) is -0.961. The molecule has 0 spiro atoms. The third-order valence-electron chi connectivity index (χ3n) is 7.50. The van der Waals surface area contributed by atoms with Gasteiger partial charge in [-0.15, -0.1) is 0 Å². The Hall–Kier alpha value is -4.57. The molecule has 0 aliphatic carbocycles. The number of carbonyl (C=O) groups is 3. The molecule has 4 aliphatic heterocycles. The Bertz CT molecular complexity index is 1640. The smallest absolute Gasteiger partial charge is 0.261 e. The van der Waals surface area contributed by atoms with Crippen LogP contribution in [0.2, 0.25) is 0 Å². The van der Waals surface area contributed by atoms with E-state index in [9.17, 15) is 14.4 Å². The van der Waals surface area contributed by atoms with E-state index in [1.807, 2.05) is 57.7 Å². The van der Waals surface area contributed by atoms with Crippen molar-refractivity contribution in [3.05, 3.63) is 83.1 Å². The summed E-state index contributed by atoms with van der Waals surface area (Å²) >= 11 is 0. The summed E-state index contributed by atoms with van der Waals surface area (Å²) in [6.07, 6.45) is 7.42. The minimum atomic E-state index is -0.509. The lowest BCUT2D eigenvalue weighted by Crippen LogP contribution is -2.49. The highest BCUT2D eigenvalue weighted by Gasteiger charge is 2.42. The van der Waals surface area contributed by atoms with E-state index in [-0.39, 0.29) is 17.1 Å². The zero-order valence-electron chi connectivity index (χ0n) is 20.7. The molecular formula is C28H24N6O4. The Labute approximate surface area is 217 Å². The quantitative estimate of drug-likeness (QED) is 0.539. The van der Waals surface area contributed by atoms with Crippen molar-refractivity contribution in [3.8, 4) is 0 Å². The van der Waals surface area contributed by atoms with Gasteiger partial charge in [0.05, 0.1) is 47.6 Å². The van der Waals surface area contributed by atoms with Crippen molar-refractivity contribution in [1.82, 2.24) is 19.6 Å². The number of amides is 3. The van der Waals surface area contributed by atoms with Crippen LogP contribution in [-0.4, -0.2) is 70.1 Å². The molecule has 2 aromatic heterocycles. The average molecular weight is 509 g/mol. The molecule has 1 atom stereocenters. The fourth-order valence-electron chi connectivity index (χ4n) is 5.74. The molecule has 1 fully saturated rings. The average Bonchev–Trinajstić information content (AvgIpc) is 3.54. The van der Waals surface area contributed by atoms with Crippen molar-refractivity contribution >= 4 is 40.3 Å². The number of imide groups is 1. The minimum Gasteiger partial charge on any atom is -0.378 e. The standard InChI is InChI=1S/C28H24N6O4/c1-16-5-6-21-30-14-20(34(21)15-16)22-23(27(36)31-26(22)35)24-18-4-2-3-17-13-19(33(25(17)18)8-7-29-24)28(37)32-9-11-38-12-10-32/h2-8,14-15,19H,9-13H2,1H3,(H,31,35,36). The Balaban J connectivity index is 1.36. The number of morpholine rings is 1. The number of rotatable bonds is 3. The highest BCUT2D eigenvalue weighted by molar-refractivity contribution is 6.47. The molecule has 7 rings (SSSR count). The van der Waals surface area contributed by atoms with Gasteiger partial charge in [-0.2, -0.15) is 0 Å². The van der Waals surface area contributed by atoms with Crippen molar-refractivity contribution in [1.29, 1.82) is 0 Å². The van der Waals surface area contributed by atoms with Gasteiger partial charge in [0.25, 0.3) is 11.8 Å². The zero-order valence-corrected chi connectivity index (χ0v) is 20.7. The van der Waals surface area contributed by atoms with Gasteiger partial charge in [-0.3, -0.25) is 29.1 Å². The summed E-state index contributed by atoms with van der Waals surface area (Å²) in [4.78, 5) is 52.8. The summed E-state index contributed by atoms with van der Waals surface area (Å²) in [5, 5.41) is 2.46. The number of hydrogen-bond acceptors (Lipinski definition) is 7. The number of aryl methyl sites for hydroxylation is 1. The second-order valence-corrected chi connectivity index (χ2v) is 9.77. The molecule has 6 heterocycles. The van der Waals surface area contributed by atoms with E-state index in [0.29, 0.717) is 55.3 Å². The van der Waals surface area contributed by atoms with Crippen LogP contribution in [0.5, 0.6) is 0 Å². The summed E-state index contributed by atoms with van der Waals surface area (Å²) in [6, 6.07) is 9.19. The fourth-order valence-corrected chi connectivity index (χ4v) is 5.74. The van der Waals surface area contributed by atoms with E-state index in [1.54, 1.807) is 18.6 Å². The molecule has 0 saturated carbocycles. The molecule has 190 valence electrons. The van der Waals surface area contributed by atoms with Crippen LogP contribution in [0.3, 0.4) is 0 Å². The molecule has 4 aliphatic rings. The van der Waals surface area contributed by atoms with Crippen molar-refractivity contribution < 1.29 is 19.1 Å². The van der Waals surface area contributed by atoms with Gasteiger partial charge in [0, 0.05) is 43.7 Å². The number of para-hydroxylation sites is 1. The third-order valence-corrected chi connectivity index (χ3v) is 7.50. The number of aliphatic imine (C=N–C) groups is 1. The van der Waals surface area contributed by atoms with Gasteiger partial charge in [-0.05, 0) is 24.1 Å². The van der Waals surface area contributed by atoms with Crippen LogP contribution in [0.4, 0.5) is 5.69 Å². The molecular weight excluding hydrogens is 484 g/mol. The van der Waals surface area contributed by atoms with Crippen LogP contribution in [-0.2, 0) is 25.5 Å². The highest BCUT2D eigenvalue weighted by atomic mass is 16.5. The first-order valence-electron chi connectivity index (χ1n) is 12.6. The second kappa shape index (κ2) is 8.49. The molecule has 10 heteroatoms. The SMILES string of the molecule is Cc1ccc2ncc(C3=C(C4=NC=CN5c6c(cccc64)CC5C(=O)N4CCOCC4)C(=O)NC3=O)n2c1. The largest absolute Gasteiger partial charge is 0.378 e. The number of nitrogens with zero attached hydrogens (tertiary/aromatic N) is 5. The number of aromatic nitrogens is 2. The van der Waals surface area contributed by atoms with Crippen LogP contribution in [0, 0.1) is 6.92 Å². The maximum Gasteiger partial charge on any atom is 0.261 e. The predicted octanol–water partition coefficient (Wildman–Crippen LogP) is 1.62. The monoisotopic (exact) mass is 508 g/mol. The fraction of sp³-hybridized carbons (Fsp3) is 0.250.